The molecule has 1 amide bonds. The number of nitrogens with zero attached hydrogens (tertiary/aromatic N) is 3. The molecule has 4 heterocycles. The van der Waals surface area contributed by atoms with Crippen LogP contribution in [0.1, 0.15) is 65.2 Å². The fourth-order valence-corrected chi connectivity index (χ4v) is 4.73. The highest BCUT2D eigenvalue weighted by Crippen LogP contribution is 2.38. The molecule has 186 valence electrons. The lowest BCUT2D eigenvalue weighted by Crippen LogP contribution is -2.28. The number of aromatic amines is 1. The zero-order valence-electron chi connectivity index (χ0n) is 20.3. The van der Waals surface area contributed by atoms with Gasteiger partial charge in [-0.2, -0.15) is 0 Å². The van der Waals surface area contributed by atoms with Crippen molar-refractivity contribution in [2.45, 2.75) is 50.7 Å². The van der Waals surface area contributed by atoms with Crippen molar-refractivity contribution in [3.05, 3.63) is 75.5 Å². The molecule has 8 heteroatoms. The molecule has 3 aromatic rings. The Morgan fingerprint density at radius 2 is 2.03 bits per heavy atom. The van der Waals surface area contributed by atoms with E-state index in [9.17, 15) is 9.59 Å². The molecular weight excluding hydrogens is 454 g/mol. The number of pyridine rings is 3. The van der Waals surface area contributed by atoms with Crippen molar-refractivity contribution in [2.75, 3.05) is 26.2 Å². The van der Waals surface area contributed by atoms with E-state index < -0.39 is 0 Å². The maximum atomic E-state index is 12.4. The van der Waals surface area contributed by atoms with Crippen LogP contribution in [0.15, 0.2) is 47.5 Å². The number of nitrogens with one attached hydrogen (secondary N) is 2. The van der Waals surface area contributed by atoms with Crippen molar-refractivity contribution < 1.29 is 9.53 Å². The molecular formula is C28H31N5O3. The van der Waals surface area contributed by atoms with Gasteiger partial charge >= 0.3 is 0 Å². The number of H-pyrrole nitrogens is 1. The van der Waals surface area contributed by atoms with Crippen LogP contribution in [0.4, 0.5) is 0 Å². The van der Waals surface area contributed by atoms with E-state index in [1.54, 1.807) is 12.3 Å². The predicted molar refractivity (Wildman–Crippen MR) is 138 cm³/mol. The summed E-state index contributed by atoms with van der Waals surface area (Å²) in [6.45, 7) is 3.58. The number of ether oxygens (including phenoxy) is 1. The minimum atomic E-state index is -0.168. The highest BCUT2D eigenvalue weighted by Gasteiger charge is 2.26. The number of amides is 1. The summed E-state index contributed by atoms with van der Waals surface area (Å²) < 4.78 is 5.56. The first-order chi connectivity index (χ1) is 17.6. The molecule has 2 aliphatic carbocycles. The SMILES string of the molecule is O=C(NCCOC1CC1)c1ccc(C2=CCN(Cc3cnc4cc(C5CC5)c(=O)[nH]c4c3)CC2)cn1. The fraction of sp³-hybridized carbons (Fsp3) is 0.429. The number of hydrogen-bond donors (Lipinski definition) is 2. The molecule has 0 aromatic carbocycles. The van der Waals surface area contributed by atoms with Crippen LogP contribution in [-0.2, 0) is 11.3 Å². The van der Waals surface area contributed by atoms with Gasteiger partial charge in [0.25, 0.3) is 11.5 Å². The average molecular weight is 486 g/mol. The number of carbonyl (C=O) groups is 1. The van der Waals surface area contributed by atoms with Crippen molar-refractivity contribution >= 4 is 22.5 Å². The van der Waals surface area contributed by atoms with E-state index in [1.165, 1.54) is 5.57 Å². The lowest BCUT2D eigenvalue weighted by molar-refractivity contribution is 0.0894. The van der Waals surface area contributed by atoms with Gasteiger partial charge in [-0.3, -0.25) is 24.5 Å². The lowest BCUT2D eigenvalue weighted by Gasteiger charge is -2.26. The van der Waals surface area contributed by atoms with Crippen molar-refractivity contribution in [2.24, 2.45) is 0 Å². The second-order valence-electron chi connectivity index (χ2n) is 10.1. The molecule has 0 spiro atoms. The third kappa shape index (κ3) is 5.39. The molecule has 6 rings (SSSR count). The Morgan fingerprint density at radius 1 is 1.14 bits per heavy atom. The van der Waals surface area contributed by atoms with Crippen molar-refractivity contribution in [1.82, 2.24) is 25.2 Å². The molecule has 0 saturated heterocycles. The third-order valence-corrected chi connectivity index (χ3v) is 7.13. The topological polar surface area (TPSA) is 100 Å². The minimum Gasteiger partial charge on any atom is -0.376 e. The van der Waals surface area contributed by atoms with Gasteiger partial charge in [0.1, 0.15) is 5.69 Å². The highest BCUT2D eigenvalue weighted by atomic mass is 16.5. The van der Waals surface area contributed by atoms with Crippen LogP contribution in [0.3, 0.4) is 0 Å². The number of hydrogen-bond acceptors (Lipinski definition) is 6. The van der Waals surface area contributed by atoms with E-state index in [0.29, 0.717) is 30.9 Å². The maximum absolute atomic E-state index is 12.4. The van der Waals surface area contributed by atoms with Gasteiger partial charge in [-0.15, -0.1) is 0 Å². The van der Waals surface area contributed by atoms with E-state index >= 15 is 0 Å². The Balaban J connectivity index is 1.04. The maximum Gasteiger partial charge on any atom is 0.269 e. The molecule has 36 heavy (non-hydrogen) atoms. The van der Waals surface area contributed by atoms with Gasteiger partial charge in [0.05, 0.1) is 23.7 Å². The van der Waals surface area contributed by atoms with E-state index in [2.05, 4.69) is 31.2 Å². The standard InChI is InChI=1S/C28H31N5O3/c34-27-23(20-1-2-20)14-25-26(32-27)13-18(15-30-25)17-33-10-7-19(8-11-33)21-3-6-24(31-16-21)28(35)29-9-12-36-22-4-5-22/h3,6-7,13-16,20,22H,1-2,4-5,8-12,17H2,(H,29,35)(H,32,34). The van der Waals surface area contributed by atoms with Crippen molar-refractivity contribution in [1.29, 1.82) is 0 Å². The number of rotatable bonds is 9. The average Bonchev–Trinajstić information content (AvgIpc) is 3.82. The highest BCUT2D eigenvalue weighted by molar-refractivity contribution is 5.92. The first-order valence-corrected chi connectivity index (χ1v) is 12.9. The summed E-state index contributed by atoms with van der Waals surface area (Å²) in [6.07, 6.45) is 11.7. The summed E-state index contributed by atoms with van der Waals surface area (Å²) in [6, 6.07) is 7.77. The van der Waals surface area contributed by atoms with E-state index in [1.807, 2.05) is 24.4 Å². The van der Waals surface area contributed by atoms with E-state index in [-0.39, 0.29) is 11.5 Å². The van der Waals surface area contributed by atoms with Crippen LogP contribution in [0.2, 0.25) is 0 Å². The van der Waals surface area contributed by atoms with Gasteiger partial charge in [-0.25, -0.2) is 0 Å². The van der Waals surface area contributed by atoms with Crippen molar-refractivity contribution in [3.8, 4) is 0 Å². The zero-order valence-corrected chi connectivity index (χ0v) is 20.3. The number of fused-ring (bicyclic) bond motifs is 1. The van der Waals surface area contributed by atoms with Crippen LogP contribution in [0, 0.1) is 0 Å². The summed E-state index contributed by atoms with van der Waals surface area (Å²) in [5.74, 6) is 0.244. The summed E-state index contributed by atoms with van der Waals surface area (Å²) >= 11 is 0. The summed E-state index contributed by atoms with van der Waals surface area (Å²) in [5.41, 5.74) is 6.38. The molecule has 0 atom stereocenters. The van der Waals surface area contributed by atoms with Crippen LogP contribution in [0.5, 0.6) is 0 Å². The van der Waals surface area contributed by atoms with Crippen LogP contribution in [-0.4, -0.2) is 58.1 Å². The molecule has 8 nitrogen and oxygen atoms in total. The first kappa shape index (κ1) is 23.1. The van der Waals surface area contributed by atoms with Crippen LogP contribution >= 0.6 is 0 Å². The third-order valence-electron chi connectivity index (χ3n) is 7.13. The number of carbonyl (C=O) groups excluding carboxylic acids is 1. The monoisotopic (exact) mass is 485 g/mol. The largest absolute Gasteiger partial charge is 0.376 e. The Kier molecular flexibility index (Phi) is 6.37. The minimum absolute atomic E-state index is 0.0224. The van der Waals surface area contributed by atoms with Crippen molar-refractivity contribution in [3.63, 3.8) is 0 Å². The Labute approximate surface area is 209 Å². The quantitative estimate of drug-likeness (QED) is 0.451. The fourth-order valence-electron chi connectivity index (χ4n) is 4.73. The second kappa shape index (κ2) is 9.95. The molecule has 1 aliphatic heterocycles. The Hall–Kier alpha value is -3.36. The van der Waals surface area contributed by atoms with Gasteiger partial charge in [0.2, 0.25) is 0 Å². The summed E-state index contributed by atoms with van der Waals surface area (Å²) in [7, 11) is 0. The van der Waals surface area contributed by atoms with Crippen LogP contribution < -0.4 is 10.9 Å². The Bertz CT molecular complexity index is 1360. The molecule has 2 N–H and O–H groups in total. The summed E-state index contributed by atoms with van der Waals surface area (Å²) in [5, 5.41) is 2.86. The van der Waals surface area contributed by atoms with Crippen LogP contribution in [0.25, 0.3) is 16.6 Å². The molecule has 0 bridgehead atoms. The molecule has 2 saturated carbocycles. The van der Waals surface area contributed by atoms with E-state index in [0.717, 1.165) is 79.5 Å². The van der Waals surface area contributed by atoms with Gasteiger partial charge < -0.3 is 15.0 Å². The second-order valence-corrected chi connectivity index (χ2v) is 10.1. The van der Waals surface area contributed by atoms with E-state index in [4.69, 9.17) is 4.74 Å². The molecule has 0 radical (unpaired) electrons. The normalized spacial score (nSPS) is 18.3. The molecule has 3 aliphatic rings. The predicted octanol–water partition coefficient (Wildman–Crippen LogP) is 3.39. The van der Waals surface area contributed by atoms with Gasteiger partial charge in [-0.05, 0) is 72.9 Å². The summed E-state index contributed by atoms with van der Waals surface area (Å²) in [4.78, 5) is 39.1. The zero-order chi connectivity index (χ0) is 24.5. The smallest absolute Gasteiger partial charge is 0.269 e. The van der Waals surface area contributed by atoms with Gasteiger partial charge in [0.15, 0.2) is 0 Å². The lowest BCUT2D eigenvalue weighted by atomic mass is 10.0. The number of aromatic nitrogens is 3. The van der Waals surface area contributed by atoms with Gasteiger partial charge in [-0.1, -0.05) is 12.1 Å². The molecule has 0 unspecified atom stereocenters. The first-order valence-electron chi connectivity index (χ1n) is 12.9. The molecule has 2 fully saturated rings. The molecule has 3 aromatic heterocycles. The van der Waals surface area contributed by atoms with Gasteiger partial charge in [0, 0.05) is 44.1 Å². The Morgan fingerprint density at radius 3 is 2.75 bits per heavy atom.